The van der Waals surface area contributed by atoms with Gasteiger partial charge in [-0.2, -0.15) is 5.26 Å². The van der Waals surface area contributed by atoms with Crippen LogP contribution in [0.25, 0.3) is 0 Å². The Morgan fingerprint density at radius 3 is 2.77 bits per heavy atom. The van der Waals surface area contributed by atoms with Crippen molar-refractivity contribution in [1.29, 1.82) is 5.26 Å². The van der Waals surface area contributed by atoms with Crippen LogP contribution in [0.5, 0.6) is 0 Å². The Morgan fingerprint density at radius 2 is 2.14 bits per heavy atom. The maximum absolute atomic E-state index is 11.5. The number of anilines is 1. The fourth-order valence-electron chi connectivity index (χ4n) is 1.67. The van der Waals surface area contributed by atoms with Crippen LogP contribution in [0.1, 0.15) is 39.2 Å². The second kappa shape index (κ2) is 8.35. The van der Waals surface area contributed by atoms with Gasteiger partial charge in [0.05, 0.1) is 11.6 Å². The molecule has 1 aromatic carbocycles. The molecule has 1 aromatic rings. The zero-order valence-electron chi connectivity index (χ0n) is 13.1. The van der Waals surface area contributed by atoms with Gasteiger partial charge in [-0.05, 0) is 57.6 Å². The van der Waals surface area contributed by atoms with Crippen LogP contribution in [-0.4, -0.2) is 23.2 Å². The van der Waals surface area contributed by atoms with Gasteiger partial charge in [0.15, 0.2) is 5.11 Å². The van der Waals surface area contributed by atoms with Gasteiger partial charge in [-0.1, -0.05) is 6.07 Å². The first kappa shape index (κ1) is 17.9. The number of hydrogen-bond donors (Lipinski definition) is 2. The van der Waals surface area contributed by atoms with Gasteiger partial charge in [-0.25, -0.2) is 0 Å². The van der Waals surface area contributed by atoms with Crippen molar-refractivity contribution in [2.75, 3.05) is 11.9 Å². The molecule has 22 heavy (non-hydrogen) atoms. The SMILES string of the molecule is CC(C)(C)OC(=O)CCCNC(=S)Nc1cccc(C#N)c1. The molecule has 2 N–H and O–H groups in total. The summed E-state index contributed by atoms with van der Waals surface area (Å²) in [6.45, 7) is 6.11. The number of benzene rings is 1. The molecular weight excluding hydrogens is 298 g/mol. The average Bonchev–Trinajstić information content (AvgIpc) is 2.42. The van der Waals surface area contributed by atoms with Gasteiger partial charge >= 0.3 is 5.97 Å². The van der Waals surface area contributed by atoms with Gasteiger partial charge < -0.3 is 15.4 Å². The molecule has 5 nitrogen and oxygen atoms in total. The fourth-order valence-corrected chi connectivity index (χ4v) is 1.89. The van der Waals surface area contributed by atoms with Crippen molar-refractivity contribution in [3.05, 3.63) is 29.8 Å². The molecule has 0 aliphatic carbocycles. The van der Waals surface area contributed by atoms with Gasteiger partial charge in [-0.3, -0.25) is 4.79 Å². The van der Waals surface area contributed by atoms with Crippen molar-refractivity contribution in [3.63, 3.8) is 0 Å². The molecule has 0 aromatic heterocycles. The minimum Gasteiger partial charge on any atom is -0.460 e. The van der Waals surface area contributed by atoms with Crippen LogP contribution < -0.4 is 10.6 Å². The number of hydrogen-bond acceptors (Lipinski definition) is 4. The minimum atomic E-state index is -0.451. The normalized spacial score (nSPS) is 10.5. The Hall–Kier alpha value is -2.13. The summed E-state index contributed by atoms with van der Waals surface area (Å²) in [6.07, 6.45) is 0.978. The lowest BCUT2D eigenvalue weighted by molar-refractivity contribution is -0.154. The number of nitriles is 1. The van der Waals surface area contributed by atoms with Crippen molar-refractivity contribution in [3.8, 4) is 6.07 Å². The molecule has 6 heteroatoms. The topological polar surface area (TPSA) is 74.2 Å². The van der Waals surface area contributed by atoms with Crippen molar-refractivity contribution < 1.29 is 9.53 Å². The van der Waals surface area contributed by atoms with Gasteiger partial charge in [-0.15, -0.1) is 0 Å². The maximum Gasteiger partial charge on any atom is 0.306 e. The Labute approximate surface area is 136 Å². The van der Waals surface area contributed by atoms with Crippen LogP contribution >= 0.6 is 12.2 Å². The monoisotopic (exact) mass is 319 g/mol. The number of carbonyl (C=O) groups is 1. The van der Waals surface area contributed by atoms with Gasteiger partial charge in [0.25, 0.3) is 0 Å². The van der Waals surface area contributed by atoms with Crippen molar-refractivity contribution in [1.82, 2.24) is 5.32 Å². The Bertz CT molecular complexity index is 573. The third-order valence-corrected chi connectivity index (χ3v) is 2.76. The molecule has 118 valence electrons. The number of nitrogens with one attached hydrogen (secondary N) is 2. The summed E-state index contributed by atoms with van der Waals surface area (Å²) in [5.41, 5.74) is 0.869. The van der Waals surface area contributed by atoms with E-state index in [2.05, 4.69) is 16.7 Å². The quantitative estimate of drug-likeness (QED) is 0.494. The zero-order valence-corrected chi connectivity index (χ0v) is 13.9. The molecule has 1 rings (SSSR count). The lowest BCUT2D eigenvalue weighted by atomic mass is 10.2. The molecule has 0 saturated carbocycles. The van der Waals surface area contributed by atoms with Crippen LogP contribution in [0.2, 0.25) is 0 Å². The van der Waals surface area contributed by atoms with Crippen molar-refractivity contribution in [2.24, 2.45) is 0 Å². The highest BCUT2D eigenvalue weighted by Gasteiger charge is 2.15. The Morgan fingerprint density at radius 1 is 1.41 bits per heavy atom. The number of esters is 1. The number of nitrogens with zero attached hydrogens (tertiary/aromatic N) is 1. The molecule has 0 aliphatic rings. The summed E-state index contributed by atoms with van der Waals surface area (Å²) in [4.78, 5) is 11.5. The van der Waals surface area contributed by atoms with E-state index in [1.807, 2.05) is 26.8 Å². The predicted octanol–water partition coefficient (Wildman–Crippen LogP) is 2.97. The fraction of sp³-hybridized carbons (Fsp3) is 0.438. The summed E-state index contributed by atoms with van der Waals surface area (Å²) >= 11 is 5.16. The molecule has 0 bridgehead atoms. The van der Waals surface area contributed by atoms with E-state index >= 15 is 0 Å². The van der Waals surface area contributed by atoms with E-state index < -0.39 is 5.60 Å². The molecular formula is C16H21N3O2S. The van der Waals surface area contributed by atoms with Crippen LogP contribution in [0.4, 0.5) is 5.69 Å². The highest BCUT2D eigenvalue weighted by Crippen LogP contribution is 2.10. The Kier molecular flexibility index (Phi) is 6.80. The smallest absolute Gasteiger partial charge is 0.306 e. The van der Waals surface area contributed by atoms with E-state index in [0.29, 0.717) is 30.1 Å². The van der Waals surface area contributed by atoms with Crippen LogP contribution in [0, 0.1) is 11.3 Å². The van der Waals surface area contributed by atoms with E-state index in [0.717, 1.165) is 5.69 Å². The van der Waals surface area contributed by atoms with Crippen LogP contribution in [0.15, 0.2) is 24.3 Å². The third kappa shape index (κ3) is 7.60. The number of ether oxygens (including phenoxy) is 1. The number of rotatable bonds is 5. The van der Waals surface area contributed by atoms with E-state index in [-0.39, 0.29) is 5.97 Å². The van der Waals surface area contributed by atoms with E-state index in [1.54, 1.807) is 18.2 Å². The first-order valence-electron chi connectivity index (χ1n) is 7.07. The van der Waals surface area contributed by atoms with Crippen molar-refractivity contribution in [2.45, 2.75) is 39.2 Å². The molecule has 0 spiro atoms. The summed E-state index contributed by atoms with van der Waals surface area (Å²) in [5.74, 6) is -0.213. The second-order valence-corrected chi connectivity index (χ2v) is 6.17. The highest BCUT2D eigenvalue weighted by atomic mass is 32.1. The molecule has 0 heterocycles. The van der Waals surface area contributed by atoms with E-state index in [4.69, 9.17) is 22.2 Å². The van der Waals surface area contributed by atoms with Gasteiger partial charge in [0, 0.05) is 18.7 Å². The summed E-state index contributed by atoms with van der Waals surface area (Å²) in [7, 11) is 0. The van der Waals surface area contributed by atoms with E-state index in [9.17, 15) is 4.79 Å². The Balaban J connectivity index is 2.26. The molecule has 0 radical (unpaired) electrons. The van der Waals surface area contributed by atoms with Crippen molar-refractivity contribution >= 4 is 29.0 Å². The largest absolute Gasteiger partial charge is 0.460 e. The van der Waals surface area contributed by atoms with Gasteiger partial charge in [0.1, 0.15) is 5.60 Å². The summed E-state index contributed by atoms with van der Waals surface area (Å²) in [5, 5.41) is 15.3. The molecule has 0 atom stereocenters. The van der Waals surface area contributed by atoms with E-state index in [1.165, 1.54) is 0 Å². The van der Waals surface area contributed by atoms with Gasteiger partial charge in [0.2, 0.25) is 0 Å². The standard InChI is InChI=1S/C16H21N3O2S/c1-16(2,3)21-14(20)8-5-9-18-15(22)19-13-7-4-6-12(10-13)11-17/h4,6-7,10H,5,8-9H2,1-3H3,(H2,18,19,22). The molecule has 0 saturated heterocycles. The first-order valence-corrected chi connectivity index (χ1v) is 7.48. The molecule has 0 aliphatic heterocycles. The first-order chi connectivity index (χ1) is 10.3. The summed E-state index contributed by atoms with van der Waals surface area (Å²) in [6, 6.07) is 9.12. The lowest BCUT2D eigenvalue weighted by Crippen LogP contribution is -2.30. The molecule has 0 fully saturated rings. The summed E-state index contributed by atoms with van der Waals surface area (Å²) < 4.78 is 5.22. The lowest BCUT2D eigenvalue weighted by Gasteiger charge is -2.19. The average molecular weight is 319 g/mol. The maximum atomic E-state index is 11.5. The predicted molar refractivity (Wildman–Crippen MR) is 90.5 cm³/mol. The zero-order chi connectivity index (χ0) is 16.6. The minimum absolute atomic E-state index is 0.213. The highest BCUT2D eigenvalue weighted by molar-refractivity contribution is 7.80. The molecule has 0 amide bonds. The second-order valence-electron chi connectivity index (χ2n) is 5.76. The van der Waals surface area contributed by atoms with Crippen LogP contribution in [-0.2, 0) is 9.53 Å². The van der Waals surface area contributed by atoms with Crippen LogP contribution in [0.3, 0.4) is 0 Å². The third-order valence-electron chi connectivity index (χ3n) is 2.51. The number of carbonyl (C=O) groups excluding carboxylic acids is 1. The number of thiocarbonyl (C=S) groups is 1. The molecule has 0 unspecified atom stereocenters.